The number of aromatic nitrogens is 1. The first-order valence-electron chi connectivity index (χ1n) is 7.31. The summed E-state index contributed by atoms with van der Waals surface area (Å²) >= 11 is 0. The number of nitrogens with zero attached hydrogens (tertiary/aromatic N) is 2. The van der Waals surface area contributed by atoms with Crippen LogP contribution in [0.15, 0.2) is 42.5 Å². The van der Waals surface area contributed by atoms with Crippen LogP contribution >= 0.6 is 0 Å². The van der Waals surface area contributed by atoms with E-state index < -0.39 is 5.60 Å². The van der Waals surface area contributed by atoms with Crippen molar-refractivity contribution >= 4 is 17.5 Å². The number of ether oxygens (including phenoxy) is 1. The number of hydrogen-bond donors (Lipinski definition) is 1. The van der Waals surface area contributed by atoms with Crippen LogP contribution in [0.1, 0.15) is 32.0 Å². The van der Waals surface area contributed by atoms with Gasteiger partial charge < -0.3 is 10.1 Å². The third kappa shape index (κ3) is 5.44. The van der Waals surface area contributed by atoms with Crippen LogP contribution in [0.25, 0.3) is 0 Å². The number of carbonyl (C=O) groups excluding carboxylic acids is 1. The van der Waals surface area contributed by atoms with E-state index in [2.05, 4.69) is 10.3 Å². The van der Waals surface area contributed by atoms with Crippen LogP contribution in [0.4, 0.5) is 11.5 Å². The van der Waals surface area contributed by atoms with E-state index in [1.165, 1.54) is 0 Å². The highest BCUT2D eigenvalue weighted by atomic mass is 16.6. The van der Waals surface area contributed by atoms with Crippen LogP contribution in [0, 0.1) is 11.3 Å². The summed E-state index contributed by atoms with van der Waals surface area (Å²) in [7, 11) is 0. The Morgan fingerprint density at radius 3 is 2.70 bits per heavy atom. The van der Waals surface area contributed by atoms with Crippen molar-refractivity contribution < 1.29 is 9.53 Å². The Bertz CT molecular complexity index is 742. The van der Waals surface area contributed by atoms with Crippen molar-refractivity contribution in [3.8, 4) is 6.07 Å². The average molecular weight is 309 g/mol. The van der Waals surface area contributed by atoms with Crippen LogP contribution < -0.4 is 5.32 Å². The summed E-state index contributed by atoms with van der Waals surface area (Å²) in [5.41, 5.74) is 1.50. The Kier molecular flexibility index (Phi) is 4.97. The number of carbonyl (C=O) groups is 1. The minimum absolute atomic E-state index is 0.207. The van der Waals surface area contributed by atoms with Crippen LogP contribution in [0.3, 0.4) is 0 Å². The smallest absolute Gasteiger partial charge is 0.310 e. The van der Waals surface area contributed by atoms with E-state index in [4.69, 9.17) is 10.00 Å². The Morgan fingerprint density at radius 1 is 1.26 bits per heavy atom. The molecule has 5 heteroatoms. The molecule has 1 N–H and O–H groups in total. The van der Waals surface area contributed by atoms with Crippen LogP contribution in [-0.4, -0.2) is 16.6 Å². The van der Waals surface area contributed by atoms with Gasteiger partial charge in [0.05, 0.1) is 6.42 Å². The van der Waals surface area contributed by atoms with E-state index in [9.17, 15) is 4.79 Å². The van der Waals surface area contributed by atoms with Crippen molar-refractivity contribution in [2.45, 2.75) is 32.8 Å². The molecule has 0 aliphatic heterocycles. The quantitative estimate of drug-likeness (QED) is 0.874. The van der Waals surface area contributed by atoms with Gasteiger partial charge in [0, 0.05) is 5.69 Å². The lowest BCUT2D eigenvalue weighted by atomic mass is 10.1. The standard InChI is InChI=1S/C18H19N3O2/c1-18(2,3)23-17(22)11-13-6-4-7-14(10-13)20-16-9-5-8-15(12-19)21-16/h4-10H,11H2,1-3H3,(H,20,21). The fraction of sp³-hybridized carbons (Fsp3) is 0.278. The van der Waals surface area contributed by atoms with Crippen molar-refractivity contribution in [2.24, 2.45) is 0 Å². The van der Waals surface area contributed by atoms with Gasteiger partial charge in [-0.05, 0) is 50.6 Å². The third-order valence-electron chi connectivity index (χ3n) is 2.83. The molecular formula is C18H19N3O2. The monoisotopic (exact) mass is 309 g/mol. The number of pyridine rings is 1. The summed E-state index contributed by atoms with van der Waals surface area (Å²) in [6.45, 7) is 5.53. The molecule has 2 rings (SSSR count). The molecule has 0 spiro atoms. The zero-order chi connectivity index (χ0) is 16.9. The maximum absolute atomic E-state index is 11.9. The van der Waals surface area contributed by atoms with Gasteiger partial charge in [-0.1, -0.05) is 18.2 Å². The largest absolute Gasteiger partial charge is 0.460 e. The van der Waals surface area contributed by atoms with Gasteiger partial charge >= 0.3 is 5.97 Å². The summed E-state index contributed by atoms with van der Waals surface area (Å²) in [4.78, 5) is 16.1. The van der Waals surface area contributed by atoms with Gasteiger partial charge in [0.25, 0.3) is 0 Å². The summed E-state index contributed by atoms with van der Waals surface area (Å²) in [5.74, 6) is 0.317. The van der Waals surface area contributed by atoms with Crippen LogP contribution in [0.5, 0.6) is 0 Å². The molecule has 0 radical (unpaired) electrons. The molecule has 1 aromatic carbocycles. The second-order valence-electron chi connectivity index (χ2n) is 6.11. The molecule has 0 aliphatic rings. The van der Waals surface area contributed by atoms with Gasteiger partial charge in [0.15, 0.2) is 0 Å². The van der Waals surface area contributed by atoms with E-state index >= 15 is 0 Å². The Morgan fingerprint density at radius 2 is 2.00 bits per heavy atom. The van der Waals surface area contributed by atoms with Gasteiger partial charge in [-0.3, -0.25) is 4.79 Å². The van der Waals surface area contributed by atoms with Gasteiger partial charge in [-0.25, -0.2) is 4.98 Å². The highest BCUT2D eigenvalue weighted by Gasteiger charge is 2.16. The number of nitrogens with one attached hydrogen (secondary N) is 1. The summed E-state index contributed by atoms with van der Waals surface area (Å²) < 4.78 is 5.32. The summed E-state index contributed by atoms with van der Waals surface area (Å²) in [6, 6.07) is 14.7. The molecule has 5 nitrogen and oxygen atoms in total. The molecule has 118 valence electrons. The molecule has 0 aliphatic carbocycles. The molecular weight excluding hydrogens is 290 g/mol. The predicted octanol–water partition coefficient (Wildman–Crippen LogP) is 3.58. The van der Waals surface area contributed by atoms with Gasteiger partial charge in [0.1, 0.15) is 23.2 Å². The normalized spacial score (nSPS) is 10.7. The topological polar surface area (TPSA) is 75.0 Å². The van der Waals surface area contributed by atoms with Crippen molar-refractivity contribution in [3.63, 3.8) is 0 Å². The van der Waals surface area contributed by atoms with Gasteiger partial charge in [-0.2, -0.15) is 5.26 Å². The molecule has 2 aromatic rings. The number of esters is 1. The third-order valence-corrected chi connectivity index (χ3v) is 2.83. The molecule has 0 bridgehead atoms. The molecule has 0 atom stereocenters. The predicted molar refractivity (Wildman–Crippen MR) is 88.2 cm³/mol. The lowest BCUT2D eigenvalue weighted by Crippen LogP contribution is -2.24. The number of hydrogen-bond acceptors (Lipinski definition) is 5. The molecule has 0 saturated carbocycles. The Hall–Kier alpha value is -2.87. The minimum Gasteiger partial charge on any atom is -0.460 e. The zero-order valence-corrected chi connectivity index (χ0v) is 13.5. The first-order chi connectivity index (χ1) is 10.9. The first-order valence-corrected chi connectivity index (χ1v) is 7.31. The highest BCUT2D eigenvalue weighted by Crippen LogP contribution is 2.18. The van der Waals surface area contributed by atoms with Crippen molar-refractivity contribution in [1.29, 1.82) is 5.26 Å². The fourth-order valence-electron chi connectivity index (χ4n) is 2.02. The summed E-state index contributed by atoms with van der Waals surface area (Å²) in [5, 5.41) is 12.0. The maximum atomic E-state index is 11.9. The molecule has 23 heavy (non-hydrogen) atoms. The van der Waals surface area contributed by atoms with E-state index in [1.807, 2.05) is 51.1 Å². The SMILES string of the molecule is CC(C)(C)OC(=O)Cc1cccc(Nc2cccc(C#N)n2)c1. The minimum atomic E-state index is -0.491. The van der Waals surface area contributed by atoms with Crippen molar-refractivity contribution in [1.82, 2.24) is 4.98 Å². The molecule has 0 saturated heterocycles. The highest BCUT2D eigenvalue weighted by molar-refractivity contribution is 5.73. The molecule has 0 unspecified atom stereocenters. The van der Waals surface area contributed by atoms with E-state index in [0.717, 1.165) is 11.3 Å². The first kappa shape index (κ1) is 16.5. The number of benzene rings is 1. The fourth-order valence-corrected chi connectivity index (χ4v) is 2.02. The maximum Gasteiger partial charge on any atom is 0.310 e. The number of rotatable bonds is 4. The van der Waals surface area contributed by atoms with E-state index in [1.54, 1.807) is 18.2 Å². The van der Waals surface area contributed by atoms with Gasteiger partial charge in [-0.15, -0.1) is 0 Å². The Balaban J connectivity index is 2.08. The van der Waals surface area contributed by atoms with Crippen LogP contribution in [0.2, 0.25) is 0 Å². The second kappa shape index (κ2) is 6.93. The zero-order valence-electron chi connectivity index (χ0n) is 13.5. The van der Waals surface area contributed by atoms with E-state index in [0.29, 0.717) is 11.5 Å². The molecule has 0 amide bonds. The Labute approximate surface area is 135 Å². The van der Waals surface area contributed by atoms with Crippen molar-refractivity contribution in [3.05, 3.63) is 53.7 Å². The van der Waals surface area contributed by atoms with Gasteiger partial charge in [0.2, 0.25) is 0 Å². The second-order valence-corrected chi connectivity index (χ2v) is 6.11. The van der Waals surface area contributed by atoms with Crippen molar-refractivity contribution in [2.75, 3.05) is 5.32 Å². The lowest BCUT2D eigenvalue weighted by molar-refractivity contribution is -0.153. The number of anilines is 2. The average Bonchev–Trinajstić information content (AvgIpc) is 2.45. The lowest BCUT2D eigenvalue weighted by Gasteiger charge is -2.19. The summed E-state index contributed by atoms with van der Waals surface area (Å²) in [6.07, 6.45) is 0.207. The van der Waals surface area contributed by atoms with Crippen LogP contribution in [-0.2, 0) is 16.0 Å². The molecule has 1 heterocycles. The van der Waals surface area contributed by atoms with E-state index in [-0.39, 0.29) is 12.4 Å². The molecule has 1 aromatic heterocycles. The molecule has 0 fully saturated rings. The number of nitriles is 1.